The number of hydrogen-bond acceptors (Lipinski definition) is 5. The van der Waals surface area contributed by atoms with Crippen molar-refractivity contribution in [2.24, 2.45) is 5.41 Å². The maximum atomic E-state index is 12.3. The minimum absolute atomic E-state index is 0.0228. The van der Waals surface area contributed by atoms with Crippen LogP contribution in [0.25, 0.3) is 0 Å². The molecule has 1 unspecified atom stereocenters. The summed E-state index contributed by atoms with van der Waals surface area (Å²) in [7, 11) is 0. The molecule has 0 aromatic heterocycles. The van der Waals surface area contributed by atoms with E-state index < -0.39 is 5.60 Å². The van der Waals surface area contributed by atoms with Gasteiger partial charge in [0.15, 0.2) is 0 Å². The van der Waals surface area contributed by atoms with Gasteiger partial charge in [-0.25, -0.2) is 4.79 Å². The lowest BCUT2D eigenvalue weighted by Crippen LogP contribution is -2.54. The molecule has 1 aliphatic rings. The Balaban J connectivity index is 2.49. The van der Waals surface area contributed by atoms with E-state index in [-0.39, 0.29) is 17.6 Å². The molecule has 1 rings (SSSR count). The van der Waals surface area contributed by atoms with Crippen LogP contribution in [0.4, 0.5) is 4.79 Å². The standard InChI is InChI=1S/C17H31N3O3/c1-16(2,3)23-15(21)20-9-10-22-12-14(20)11-19-13-17(4,5)7-6-8-18/h14,19H,6-7,9-13H2,1-5H3. The summed E-state index contributed by atoms with van der Waals surface area (Å²) in [6, 6.07) is 2.17. The zero-order valence-electron chi connectivity index (χ0n) is 15.1. The summed E-state index contributed by atoms with van der Waals surface area (Å²) in [6.07, 6.45) is 1.13. The van der Waals surface area contributed by atoms with Crippen molar-refractivity contribution in [2.45, 2.75) is 59.1 Å². The Kier molecular flexibility index (Phi) is 7.30. The van der Waals surface area contributed by atoms with Crippen molar-refractivity contribution in [1.82, 2.24) is 10.2 Å². The molecule has 1 heterocycles. The summed E-state index contributed by atoms with van der Waals surface area (Å²) in [5, 5.41) is 12.1. The number of amides is 1. The number of nitriles is 1. The van der Waals surface area contributed by atoms with Crippen LogP contribution in [0, 0.1) is 16.7 Å². The first-order valence-corrected chi connectivity index (χ1v) is 8.30. The quantitative estimate of drug-likeness (QED) is 0.812. The van der Waals surface area contributed by atoms with Crippen LogP contribution in [-0.4, -0.2) is 55.5 Å². The van der Waals surface area contributed by atoms with Crippen LogP contribution in [0.1, 0.15) is 47.5 Å². The molecule has 0 bridgehead atoms. The van der Waals surface area contributed by atoms with Crippen LogP contribution in [-0.2, 0) is 9.47 Å². The van der Waals surface area contributed by atoms with Gasteiger partial charge in [0.2, 0.25) is 0 Å². The van der Waals surface area contributed by atoms with Crippen molar-refractivity contribution in [3.8, 4) is 6.07 Å². The molecule has 1 N–H and O–H groups in total. The van der Waals surface area contributed by atoms with Crippen molar-refractivity contribution in [2.75, 3.05) is 32.8 Å². The summed E-state index contributed by atoms with van der Waals surface area (Å²) in [5.41, 5.74) is -0.436. The number of hydrogen-bond donors (Lipinski definition) is 1. The zero-order chi connectivity index (χ0) is 17.5. The number of morpholine rings is 1. The lowest BCUT2D eigenvalue weighted by molar-refractivity contribution is -0.0320. The lowest BCUT2D eigenvalue weighted by atomic mass is 9.88. The van der Waals surface area contributed by atoms with E-state index in [4.69, 9.17) is 14.7 Å². The second kappa shape index (κ2) is 8.51. The molecule has 1 amide bonds. The van der Waals surface area contributed by atoms with Crippen molar-refractivity contribution >= 4 is 6.09 Å². The van der Waals surface area contributed by atoms with Gasteiger partial charge in [-0.1, -0.05) is 13.8 Å². The summed E-state index contributed by atoms with van der Waals surface area (Å²) in [6.45, 7) is 13.0. The average Bonchev–Trinajstić information content (AvgIpc) is 2.43. The van der Waals surface area contributed by atoms with Gasteiger partial charge in [0.25, 0.3) is 0 Å². The first-order valence-electron chi connectivity index (χ1n) is 8.30. The van der Waals surface area contributed by atoms with Crippen LogP contribution >= 0.6 is 0 Å². The first kappa shape index (κ1) is 19.7. The molecule has 0 aliphatic carbocycles. The topological polar surface area (TPSA) is 74.6 Å². The predicted molar refractivity (Wildman–Crippen MR) is 89.0 cm³/mol. The fourth-order valence-electron chi connectivity index (χ4n) is 2.44. The number of nitrogens with zero attached hydrogens (tertiary/aromatic N) is 2. The Labute approximate surface area is 140 Å². The van der Waals surface area contributed by atoms with E-state index in [1.54, 1.807) is 4.90 Å². The van der Waals surface area contributed by atoms with Gasteiger partial charge in [0.05, 0.1) is 25.3 Å². The smallest absolute Gasteiger partial charge is 0.410 e. The molecule has 132 valence electrons. The fourth-order valence-corrected chi connectivity index (χ4v) is 2.44. The Morgan fingerprint density at radius 2 is 2.09 bits per heavy atom. The molecule has 23 heavy (non-hydrogen) atoms. The SMILES string of the molecule is CC(C)(CCC#N)CNCC1COCCN1C(=O)OC(C)(C)C. The number of nitrogens with one attached hydrogen (secondary N) is 1. The van der Waals surface area contributed by atoms with Crippen molar-refractivity contribution < 1.29 is 14.3 Å². The van der Waals surface area contributed by atoms with E-state index in [1.807, 2.05) is 20.8 Å². The van der Waals surface area contributed by atoms with E-state index in [2.05, 4.69) is 25.2 Å². The number of carbonyl (C=O) groups is 1. The van der Waals surface area contributed by atoms with Crippen LogP contribution in [0.2, 0.25) is 0 Å². The first-order chi connectivity index (χ1) is 10.6. The molecule has 0 saturated carbocycles. The molecule has 1 fully saturated rings. The molecular formula is C17H31N3O3. The van der Waals surface area contributed by atoms with Gasteiger partial charge in [0, 0.05) is 26.1 Å². The van der Waals surface area contributed by atoms with Crippen LogP contribution in [0.3, 0.4) is 0 Å². The molecule has 1 atom stereocenters. The summed E-state index contributed by atoms with van der Waals surface area (Å²) in [4.78, 5) is 14.1. The second-order valence-electron chi connectivity index (χ2n) is 7.86. The normalized spacial score (nSPS) is 19.3. The molecule has 0 aromatic carbocycles. The van der Waals surface area contributed by atoms with Gasteiger partial charge >= 0.3 is 6.09 Å². The minimum atomic E-state index is -0.493. The highest BCUT2D eigenvalue weighted by atomic mass is 16.6. The summed E-state index contributed by atoms with van der Waals surface area (Å²) in [5.74, 6) is 0. The lowest BCUT2D eigenvalue weighted by Gasteiger charge is -2.37. The fraction of sp³-hybridized carbons (Fsp3) is 0.882. The Hall–Kier alpha value is -1.32. The highest BCUT2D eigenvalue weighted by Crippen LogP contribution is 2.21. The van der Waals surface area contributed by atoms with E-state index >= 15 is 0 Å². The average molecular weight is 325 g/mol. The Morgan fingerprint density at radius 1 is 1.39 bits per heavy atom. The molecule has 1 aliphatic heterocycles. The van der Waals surface area contributed by atoms with Crippen molar-refractivity contribution in [1.29, 1.82) is 5.26 Å². The van der Waals surface area contributed by atoms with Crippen molar-refractivity contribution in [3.05, 3.63) is 0 Å². The van der Waals surface area contributed by atoms with Gasteiger partial charge in [-0.15, -0.1) is 0 Å². The third-order valence-electron chi connectivity index (χ3n) is 3.75. The molecule has 6 heteroatoms. The third-order valence-corrected chi connectivity index (χ3v) is 3.75. The molecule has 0 aromatic rings. The van der Waals surface area contributed by atoms with Gasteiger partial charge < -0.3 is 14.8 Å². The van der Waals surface area contributed by atoms with Gasteiger partial charge in [0.1, 0.15) is 5.60 Å². The maximum absolute atomic E-state index is 12.3. The molecular weight excluding hydrogens is 294 g/mol. The van der Waals surface area contributed by atoms with Gasteiger partial charge in [-0.3, -0.25) is 4.90 Å². The summed E-state index contributed by atoms with van der Waals surface area (Å²) >= 11 is 0. The predicted octanol–water partition coefficient (Wildman–Crippen LogP) is 2.54. The maximum Gasteiger partial charge on any atom is 0.410 e. The zero-order valence-corrected chi connectivity index (χ0v) is 15.1. The Morgan fingerprint density at radius 3 is 2.70 bits per heavy atom. The van der Waals surface area contributed by atoms with Crippen molar-refractivity contribution in [3.63, 3.8) is 0 Å². The number of carbonyl (C=O) groups excluding carboxylic acids is 1. The second-order valence-corrected chi connectivity index (χ2v) is 7.86. The van der Waals surface area contributed by atoms with E-state index in [0.717, 1.165) is 13.0 Å². The summed E-state index contributed by atoms with van der Waals surface area (Å²) < 4.78 is 11.0. The highest BCUT2D eigenvalue weighted by molar-refractivity contribution is 5.68. The third kappa shape index (κ3) is 7.67. The van der Waals surface area contributed by atoms with Gasteiger partial charge in [-0.2, -0.15) is 5.26 Å². The molecule has 0 spiro atoms. The minimum Gasteiger partial charge on any atom is -0.444 e. The molecule has 0 radical (unpaired) electrons. The largest absolute Gasteiger partial charge is 0.444 e. The molecule has 6 nitrogen and oxygen atoms in total. The van der Waals surface area contributed by atoms with E-state index in [1.165, 1.54) is 0 Å². The van der Waals surface area contributed by atoms with Crippen LogP contribution < -0.4 is 5.32 Å². The molecule has 1 saturated heterocycles. The van der Waals surface area contributed by atoms with E-state index in [0.29, 0.717) is 32.7 Å². The number of ether oxygens (including phenoxy) is 2. The highest BCUT2D eigenvalue weighted by Gasteiger charge is 2.31. The van der Waals surface area contributed by atoms with E-state index in [9.17, 15) is 4.79 Å². The van der Waals surface area contributed by atoms with Crippen LogP contribution in [0.15, 0.2) is 0 Å². The Bertz CT molecular complexity index is 424. The van der Waals surface area contributed by atoms with Gasteiger partial charge in [-0.05, 0) is 32.6 Å². The monoisotopic (exact) mass is 325 g/mol. The van der Waals surface area contributed by atoms with Crippen LogP contribution in [0.5, 0.6) is 0 Å². The number of rotatable bonds is 6.